The van der Waals surface area contributed by atoms with Crippen molar-refractivity contribution in [1.29, 1.82) is 0 Å². The third-order valence-electron chi connectivity index (χ3n) is 3.93. The van der Waals surface area contributed by atoms with Gasteiger partial charge in [-0.1, -0.05) is 6.42 Å². The van der Waals surface area contributed by atoms with Crippen LogP contribution >= 0.6 is 24.0 Å². The van der Waals surface area contributed by atoms with Crippen molar-refractivity contribution >= 4 is 35.8 Å². The lowest BCUT2D eigenvalue weighted by Gasteiger charge is -2.25. The van der Waals surface area contributed by atoms with Gasteiger partial charge in [-0.2, -0.15) is 0 Å². The van der Waals surface area contributed by atoms with Crippen LogP contribution in [0.5, 0.6) is 0 Å². The van der Waals surface area contributed by atoms with Crippen LogP contribution in [0, 0.1) is 0 Å². The molecule has 7 nitrogen and oxygen atoms in total. The highest BCUT2D eigenvalue weighted by Gasteiger charge is 2.09. The van der Waals surface area contributed by atoms with Crippen molar-refractivity contribution < 1.29 is 9.21 Å². The number of halogens is 1. The Morgan fingerprint density at radius 3 is 2.64 bits per heavy atom. The van der Waals surface area contributed by atoms with Crippen LogP contribution in [0.2, 0.25) is 0 Å². The van der Waals surface area contributed by atoms with Crippen molar-refractivity contribution in [2.24, 2.45) is 4.99 Å². The number of carbonyl (C=O) groups excluding carboxylic acids is 1. The molecule has 0 unspecified atom stereocenters. The van der Waals surface area contributed by atoms with E-state index in [4.69, 9.17) is 4.42 Å². The van der Waals surface area contributed by atoms with Crippen molar-refractivity contribution in [2.45, 2.75) is 26.2 Å². The zero-order valence-electron chi connectivity index (χ0n) is 14.9. The average Bonchev–Trinajstić information content (AvgIpc) is 3.14. The molecule has 1 aliphatic rings. The number of carbonyl (C=O) groups is 1. The van der Waals surface area contributed by atoms with E-state index in [-0.39, 0.29) is 29.9 Å². The first-order valence-corrected chi connectivity index (χ1v) is 8.86. The van der Waals surface area contributed by atoms with Gasteiger partial charge in [0.25, 0.3) is 5.91 Å². The molecule has 1 saturated heterocycles. The number of likely N-dealkylation sites (tertiary alicyclic amines) is 1. The molecule has 25 heavy (non-hydrogen) atoms. The van der Waals surface area contributed by atoms with Gasteiger partial charge in [-0.25, -0.2) is 0 Å². The molecule has 0 aromatic carbocycles. The Hall–Kier alpha value is -1.29. The van der Waals surface area contributed by atoms with E-state index in [0.29, 0.717) is 18.8 Å². The van der Waals surface area contributed by atoms with Gasteiger partial charge in [-0.3, -0.25) is 9.79 Å². The van der Waals surface area contributed by atoms with Crippen LogP contribution in [0.1, 0.15) is 36.7 Å². The molecule has 2 heterocycles. The Morgan fingerprint density at radius 1 is 1.20 bits per heavy atom. The van der Waals surface area contributed by atoms with Gasteiger partial charge in [0, 0.05) is 26.2 Å². The molecule has 0 radical (unpaired) electrons. The van der Waals surface area contributed by atoms with Crippen LogP contribution in [0.25, 0.3) is 0 Å². The maximum absolute atomic E-state index is 11.7. The minimum atomic E-state index is -0.200. The van der Waals surface area contributed by atoms with Gasteiger partial charge in [0.05, 0.1) is 12.8 Å². The highest BCUT2D eigenvalue weighted by Crippen LogP contribution is 2.07. The quantitative estimate of drug-likeness (QED) is 0.237. The Bertz CT molecular complexity index is 501. The van der Waals surface area contributed by atoms with E-state index in [0.717, 1.165) is 25.6 Å². The van der Waals surface area contributed by atoms with Crippen molar-refractivity contribution in [2.75, 3.05) is 45.8 Å². The topological polar surface area (TPSA) is 81.9 Å². The zero-order chi connectivity index (χ0) is 17.0. The van der Waals surface area contributed by atoms with Crippen molar-refractivity contribution in [3.63, 3.8) is 0 Å². The fourth-order valence-electron chi connectivity index (χ4n) is 2.68. The molecule has 0 spiro atoms. The van der Waals surface area contributed by atoms with Crippen LogP contribution in [-0.2, 0) is 0 Å². The van der Waals surface area contributed by atoms with Gasteiger partial charge in [0.15, 0.2) is 11.7 Å². The minimum Gasteiger partial charge on any atom is -0.459 e. The average molecular weight is 463 g/mol. The van der Waals surface area contributed by atoms with Gasteiger partial charge < -0.3 is 25.3 Å². The molecule has 8 heteroatoms. The number of aliphatic imine (C=N–C) groups is 1. The van der Waals surface area contributed by atoms with E-state index >= 15 is 0 Å². The molecule has 0 atom stereocenters. The first kappa shape index (κ1) is 21.8. The summed E-state index contributed by atoms with van der Waals surface area (Å²) >= 11 is 0. The number of furan rings is 1. The van der Waals surface area contributed by atoms with Crippen LogP contribution in [0.4, 0.5) is 0 Å². The van der Waals surface area contributed by atoms with Gasteiger partial charge >= 0.3 is 0 Å². The normalized spacial score (nSPS) is 15.3. The molecular formula is C17H30IN5O2. The predicted molar refractivity (Wildman–Crippen MR) is 111 cm³/mol. The number of amides is 1. The predicted octanol–water partition coefficient (Wildman–Crippen LogP) is 1.67. The molecule has 0 aliphatic carbocycles. The lowest BCUT2D eigenvalue weighted by molar-refractivity contribution is 0.0926. The highest BCUT2D eigenvalue weighted by molar-refractivity contribution is 14.0. The molecule has 0 bridgehead atoms. The molecule has 2 rings (SSSR count). The van der Waals surface area contributed by atoms with Gasteiger partial charge in [-0.15, -0.1) is 24.0 Å². The van der Waals surface area contributed by atoms with E-state index in [1.807, 2.05) is 6.92 Å². The Balaban J connectivity index is 0.00000312. The number of hydrogen-bond acceptors (Lipinski definition) is 4. The monoisotopic (exact) mass is 463 g/mol. The summed E-state index contributed by atoms with van der Waals surface area (Å²) in [5.74, 6) is 0.924. The number of nitrogens with one attached hydrogen (secondary N) is 3. The van der Waals surface area contributed by atoms with Crippen LogP contribution in [-0.4, -0.2) is 62.6 Å². The summed E-state index contributed by atoms with van der Waals surface area (Å²) < 4.78 is 5.05. The van der Waals surface area contributed by atoms with Gasteiger partial charge in [-0.05, 0) is 45.0 Å². The highest BCUT2D eigenvalue weighted by atomic mass is 127. The van der Waals surface area contributed by atoms with E-state index in [1.54, 1.807) is 12.1 Å². The lowest BCUT2D eigenvalue weighted by Crippen LogP contribution is -2.42. The van der Waals surface area contributed by atoms with Crippen LogP contribution in [0.15, 0.2) is 27.8 Å². The molecule has 1 amide bonds. The van der Waals surface area contributed by atoms with E-state index in [9.17, 15) is 4.79 Å². The fraction of sp³-hybridized carbons (Fsp3) is 0.647. The molecule has 1 aromatic heterocycles. The Kier molecular flexibility index (Phi) is 11.3. The number of nitrogens with zero attached hydrogens (tertiary/aromatic N) is 2. The summed E-state index contributed by atoms with van der Waals surface area (Å²) in [6.45, 7) is 8.16. The van der Waals surface area contributed by atoms with E-state index in [2.05, 4.69) is 25.8 Å². The van der Waals surface area contributed by atoms with Crippen molar-refractivity contribution in [3.8, 4) is 0 Å². The SMILES string of the molecule is CCNC(=NCCN1CCCCC1)NCCNC(=O)c1ccco1.I. The van der Waals surface area contributed by atoms with Crippen molar-refractivity contribution in [3.05, 3.63) is 24.2 Å². The zero-order valence-corrected chi connectivity index (χ0v) is 17.3. The van der Waals surface area contributed by atoms with E-state index < -0.39 is 0 Å². The summed E-state index contributed by atoms with van der Waals surface area (Å²) in [7, 11) is 0. The summed E-state index contributed by atoms with van der Waals surface area (Å²) in [5, 5.41) is 9.26. The number of piperidine rings is 1. The third-order valence-corrected chi connectivity index (χ3v) is 3.93. The molecule has 1 aliphatic heterocycles. The molecule has 142 valence electrons. The maximum Gasteiger partial charge on any atom is 0.287 e. The van der Waals surface area contributed by atoms with E-state index in [1.165, 1.54) is 38.6 Å². The lowest BCUT2D eigenvalue weighted by atomic mass is 10.1. The minimum absolute atomic E-state index is 0. The molecular weight excluding hydrogens is 433 g/mol. The summed E-state index contributed by atoms with van der Waals surface area (Å²) in [5.41, 5.74) is 0. The number of guanidine groups is 1. The smallest absolute Gasteiger partial charge is 0.287 e. The van der Waals surface area contributed by atoms with Crippen molar-refractivity contribution in [1.82, 2.24) is 20.9 Å². The standard InChI is InChI=1S/C17H29N5O2.HI/c1-2-18-17(21-10-13-22-11-4-3-5-12-22)20-9-8-19-16(23)15-7-6-14-24-15;/h6-7,14H,2-5,8-13H2,1H3,(H,19,23)(H2,18,20,21);1H. The first-order chi connectivity index (χ1) is 11.8. The summed E-state index contributed by atoms with van der Waals surface area (Å²) in [6, 6.07) is 3.35. The Morgan fingerprint density at radius 2 is 1.96 bits per heavy atom. The summed E-state index contributed by atoms with van der Waals surface area (Å²) in [6.07, 6.45) is 5.45. The second-order valence-electron chi connectivity index (χ2n) is 5.82. The maximum atomic E-state index is 11.7. The number of rotatable bonds is 8. The van der Waals surface area contributed by atoms with Gasteiger partial charge in [0.1, 0.15) is 0 Å². The largest absolute Gasteiger partial charge is 0.459 e. The van der Waals surface area contributed by atoms with Crippen LogP contribution in [0.3, 0.4) is 0 Å². The van der Waals surface area contributed by atoms with Crippen LogP contribution < -0.4 is 16.0 Å². The third kappa shape index (κ3) is 8.57. The molecule has 3 N–H and O–H groups in total. The second kappa shape index (κ2) is 13.0. The molecule has 1 fully saturated rings. The first-order valence-electron chi connectivity index (χ1n) is 8.86. The Labute approximate surface area is 167 Å². The molecule has 1 aromatic rings. The van der Waals surface area contributed by atoms with Gasteiger partial charge in [0.2, 0.25) is 0 Å². The molecule has 0 saturated carbocycles. The number of hydrogen-bond donors (Lipinski definition) is 3. The fourth-order valence-corrected chi connectivity index (χ4v) is 2.68. The second-order valence-corrected chi connectivity index (χ2v) is 5.82. The summed E-state index contributed by atoms with van der Waals surface area (Å²) in [4.78, 5) is 18.8.